The Labute approximate surface area is 126 Å². The van der Waals surface area contributed by atoms with Crippen LogP contribution in [0.4, 0.5) is 10.5 Å². The molecule has 0 spiro atoms. The third kappa shape index (κ3) is 7.86. The maximum atomic E-state index is 11.5. The second-order valence-electron chi connectivity index (χ2n) is 4.44. The van der Waals surface area contributed by atoms with Crippen molar-refractivity contribution in [1.29, 1.82) is 0 Å². The molecule has 0 heterocycles. The van der Waals surface area contributed by atoms with Gasteiger partial charge < -0.3 is 14.4 Å². The number of rotatable bonds is 7. The third-order valence-electron chi connectivity index (χ3n) is 2.32. The van der Waals surface area contributed by atoms with Crippen molar-refractivity contribution >= 4 is 24.2 Å². The fourth-order valence-corrected chi connectivity index (χ4v) is 1.36. The number of ether oxygens (including phenoxy) is 2. The van der Waals surface area contributed by atoms with Crippen molar-refractivity contribution in [3.05, 3.63) is 24.3 Å². The summed E-state index contributed by atoms with van der Waals surface area (Å²) in [7, 11) is 3.85. The molecule has 0 radical (unpaired) electrons. The molecule has 1 amide bonds. The summed E-state index contributed by atoms with van der Waals surface area (Å²) < 4.78 is 10.5. The Morgan fingerprint density at radius 2 is 2.05 bits per heavy atom. The fraction of sp³-hybridized carbons (Fsp3) is 0.500. The normalized spacial score (nSPS) is 9.80. The molecular formula is C14H23ClN2O3. The highest BCUT2D eigenvalue weighted by Gasteiger charge is 2.04. The molecule has 6 heteroatoms. The number of carbonyl (C=O) groups is 1. The predicted molar refractivity (Wildman–Crippen MR) is 83.0 cm³/mol. The van der Waals surface area contributed by atoms with Gasteiger partial charge in [-0.3, -0.25) is 5.32 Å². The molecule has 5 nitrogen and oxygen atoms in total. The van der Waals surface area contributed by atoms with Crippen molar-refractivity contribution < 1.29 is 14.3 Å². The lowest BCUT2D eigenvalue weighted by atomic mass is 10.3. The van der Waals surface area contributed by atoms with E-state index in [0.717, 1.165) is 12.2 Å². The smallest absolute Gasteiger partial charge is 0.411 e. The second-order valence-corrected chi connectivity index (χ2v) is 4.44. The molecule has 0 aliphatic heterocycles. The Balaban J connectivity index is 0.00000361. The number of nitrogens with one attached hydrogen (secondary N) is 1. The lowest BCUT2D eigenvalue weighted by Crippen LogP contribution is -2.22. The van der Waals surface area contributed by atoms with E-state index < -0.39 is 6.09 Å². The number of nitrogens with zero attached hydrogens (tertiary/aromatic N) is 1. The Morgan fingerprint density at radius 3 is 2.70 bits per heavy atom. The fourth-order valence-electron chi connectivity index (χ4n) is 1.36. The summed E-state index contributed by atoms with van der Waals surface area (Å²) >= 11 is 0. The Hall–Kier alpha value is -1.46. The number of hydrogen-bond acceptors (Lipinski definition) is 4. The van der Waals surface area contributed by atoms with Crippen molar-refractivity contribution in [3.63, 3.8) is 0 Å². The summed E-state index contributed by atoms with van der Waals surface area (Å²) in [5, 5.41) is 2.67. The lowest BCUT2D eigenvalue weighted by molar-refractivity contribution is 0.151. The van der Waals surface area contributed by atoms with E-state index in [9.17, 15) is 4.79 Å². The van der Waals surface area contributed by atoms with Gasteiger partial charge in [-0.05, 0) is 32.6 Å². The maximum absolute atomic E-state index is 11.5. The molecule has 0 unspecified atom stereocenters. The van der Waals surface area contributed by atoms with Crippen LogP contribution in [0.3, 0.4) is 0 Å². The second kappa shape index (κ2) is 10.3. The number of likely N-dealkylation sites (N-methyl/N-ethyl adjacent to an activating group) is 1. The minimum atomic E-state index is -0.450. The largest absolute Gasteiger partial charge is 0.494 e. The molecule has 0 saturated heterocycles. The van der Waals surface area contributed by atoms with Crippen LogP contribution in [0.5, 0.6) is 5.75 Å². The van der Waals surface area contributed by atoms with Gasteiger partial charge in [0.25, 0.3) is 0 Å². The summed E-state index contributed by atoms with van der Waals surface area (Å²) in [5.41, 5.74) is 0.670. The highest BCUT2D eigenvalue weighted by atomic mass is 35.5. The minimum absolute atomic E-state index is 0. The first-order valence-electron chi connectivity index (χ1n) is 6.43. The van der Waals surface area contributed by atoms with Crippen molar-refractivity contribution in [2.24, 2.45) is 0 Å². The molecule has 0 aliphatic rings. The topological polar surface area (TPSA) is 50.8 Å². The molecule has 0 atom stereocenters. The van der Waals surface area contributed by atoms with Crippen LogP contribution in [0.15, 0.2) is 24.3 Å². The summed E-state index contributed by atoms with van der Waals surface area (Å²) in [6, 6.07) is 7.27. The van der Waals surface area contributed by atoms with Crippen molar-refractivity contribution in [2.45, 2.75) is 13.3 Å². The zero-order valence-electron chi connectivity index (χ0n) is 12.2. The molecule has 0 fully saturated rings. The van der Waals surface area contributed by atoms with Gasteiger partial charge >= 0.3 is 6.09 Å². The molecule has 114 valence electrons. The zero-order chi connectivity index (χ0) is 14.1. The van der Waals surface area contributed by atoms with Gasteiger partial charge in [0.05, 0.1) is 6.61 Å². The Kier molecular flexibility index (Phi) is 9.59. The molecule has 0 aromatic heterocycles. The van der Waals surface area contributed by atoms with E-state index in [1.54, 1.807) is 12.1 Å². The predicted octanol–water partition coefficient (Wildman–Crippen LogP) is 3.01. The highest BCUT2D eigenvalue weighted by molar-refractivity contribution is 5.85. The van der Waals surface area contributed by atoms with E-state index in [1.165, 1.54) is 0 Å². The van der Waals surface area contributed by atoms with Crippen LogP contribution < -0.4 is 10.1 Å². The molecule has 0 saturated carbocycles. The number of hydrogen-bond donors (Lipinski definition) is 1. The lowest BCUT2D eigenvalue weighted by Gasteiger charge is -2.11. The molecule has 1 aromatic rings. The van der Waals surface area contributed by atoms with Crippen molar-refractivity contribution in [2.75, 3.05) is 39.2 Å². The Bertz CT molecular complexity index is 400. The first kappa shape index (κ1) is 18.5. The van der Waals surface area contributed by atoms with Gasteiger partial charge in [0.15, 0.2) is 0 Å². The van der Waals surface area contributed by atoms with E-state index in [2.05, 4.69) is 5.32 Å². The van der Waals surface area contributed by atoms with Gasteiger partial charge in [0, 0.05) is 18.3 Å². The van der Waals surface area contributed by atoms with E-state index in [1.807, 2.05) is 38.1 Å². The van der Waals surface area contributed by atoms with Gasteiger partial charge in [-0.1, -0.05) is 13.0 Å². The molecule has 0 aliphatic carbocycles. The summed E-state index contributed by atoms with van der Waals surface area (Å²) in [4.78, 5) is 13.5. The van der Waals surface area contributed by atoms with Crippen LogP contribution in [0.25, 0.3) is 0 Å². The average molecular weight is 303 g/mol. The van der Waals surface area contributed by atoms with Gasteiger partial charge in [-0.15, -0.1) is 12.4 Å². The number of anilines is 1. The molecule has 20 heavy (non-hydrogen) atoms. The summed E-state index contributed by atoms with van der Waals surface area (Å²) in [6.45, 7) is 3.78. The molecular weight excluding hydrogens is 280 g/mol. The number of amides is 1. The van der Waals surface area contributed by atoms with E-state index in [0.29, 0.717) is 25.4 Å². The zero-order valence-corrected chi connectivity index (χ0v) is 13.0. The van der Waals surface area contributed by atoms with E-state index in [-0.39, 0.29) is 12.4 Å². The van der Waals surface area contributed by atoms with Crippen LogP contribution in [0.1, 0.15) is 13.3 Å². The Morgan fingerprint density at radius 1 is 1.30 bits per heavy atom. The number of halogens is 1. The number of benzene rings is 1. The summed E-state index contributed by atoms with van der Waals surface area (Å²) in [6.07, 6.45) is 0.499. The molecule has 1 rings (SSSR count). The van der Waals surface area contributed by atoms with Crippen molar-refractivity contribution in [1.82, 2.24) is 4.90 Å². The molecule has 1 aromatic carbocycles. The quantitative estimate of drug-likeness (QED) is 0.841. The van der Waals surface area contributed by atoms with Crippen LogP contribution in [-0.2, 0) is 4.74 Å². The third-order valence-corrected chi connectivity index (χ3v) is 2.32. The van der Waals surface area contributed by atoms with E-state index >= 15 is 0 Å². The van der Waals surface area contributed by atoms with Gasteiger partial charge in [-0.2, -0.15) is 0 Å². The SMILES string of the molecule is CCCOc1cccc(NC(=O)OCCN(C)C)c1.Cl. The van der Waals surface area contributed by atoms with Crippen LogP contribution in [0.2, 0.25) is 0 Å². The molecule has 1 N–H and O–H groups in total. The van der Waals surface area contributed by atoms with Gasteiger partial charge in [0.1, 0.15) is 12.4 Å². The monoisotopic (exact) mass is 302 g/mol. The summed E-state index contributed by atoms with van der Waals surface area (Å²) in [5.74, 6) is 0.743. The first-order valence-corrected chi connectivity index (χ1v) is 6.43. The van der Waals surface area contributed by atoms with Gasteiger partial charge in [-0.25, -0.2) is 4.79 Å². The number of carbonyl (C=O) groups excluding carboxylic acids is 1. The van der Waals surface area contributed by atoms with Crippen molar-refractivity contribution in [3.8, 4) is 5.75 Å². The van der Waals surface area contributed by atoms with Crippen LogP contribution in [-0.4, -0.2) is 44.8 Å². The van der Waals surface area contributed by atoms with Crippen LogP contribution in [0, 0.1) is 0 Å². The highest BCUT2D eigenvalue weighted by Crippen LogP contribution is 2.17. The van der Waals surface area contributed by atoms with Crippen LogP contribution >= 0.6 is 12.4 Å². The van der Waals surface area contributed by atoms with E-state index in [4.69, 9.17) is 9.47 Å². The first-order chi connectivity index (χ1) is 9.11. The molecule has 0 bridgehead atoms. The van der Waals surface area contributed by atoms with Gasteiger partial charge in [0.2, 0.25) is 0 Å². The standard InChI is InChI=1S/C14H22N2O3.ClH/c1-4-9-18-13-7-5-6-12(11-13)15-14(17)19-10-8-16(2)3;/h5-7,11H,4,8-10H2,1-3H3,(H,15,17);1H. The maximum Gasteiger partial charge on any atom is 0.411 e. The minimum Gasteiger partial charge on any atom is -0.494 e. The average Bonchev–Trinajstić information content (AvgIpc) is 2.36.